The first-order valence-corrected chi connectivity index (χ1v) is 11.2. The second-order valence-electron chi connectivity index (χ2n) is 7.37. The first-order valence-electron chi connectivity index (χ1n) is 9.80. The Labute approximate surface area is 183 Å². The van der Waals surface area contributed by atoms with Gasteiger partial charge >= 0.3 is 0 Å². The van der Waals surface area contributed by atoms with Gasteiger partial charge in [-0.25, -0.2) is 13.8 Å². The van der Waals surface area contributed by atoms with E-state index in [0.29, 0.717) is 5.69 Å². The van der Waals surface area contributed by atoms with Crippen LogP contribution in [-0.2, 0) is 14.8 Å². The Morgan fingerprint density at radius 3 is 2.13 bits per heavy atom. The van der Waals surface area contributed by atoms with Crippen molar-refractivity contribution in [2.24, 2.45) is 5.10 Å². The molecule has 0 fully saturated rings. The molecule has 0 bridgehead atoms. The Hall–Kier alpha value is -3.45. The monoisotopic (exact) mass is 435 g/mol. The molecule has 0 aliphatic carbocycles. The van der Waals surface area contributed by atoms with E-state index in [-0.39, 0.29) is 4.90 Å². The molecule has 3 aromatic carbocycles. The van der Waals surface area contributed by atoms with Crippen LogP contribution < -0.4 is 9.73 Å². The molecule has 0 radical (unpaired) electrons. The molecule has 0 aliphatic rings. The minimum atomic E-state index is -3.94. The van der Waals surface area contributed by atoms with E-state index in [4.69, 9.17) is 0 Å². The molecule has 6 nitrogen and oxygen atoms in total. The molecule has 0 unspecified atom stereocenters. The zero-order valence-electron chi connectivity index (χ0n) is 17.7. The smallest absolute Gasteiger partial charge is 0.264 e. The number of benzene rings is 3. The quantitative estimate of drug-likeness (QED) is 0.451. The number of sulfonamides is 1. The lowest BCUT2D eigenvalue weighted by molar-refractivity contribution is -0.119. The maximum Gasteiger partial charge on any atom is 0.264 e. The summed E-state index contributed by atoms with van der Waals surface area (Å²) in [6.45, 7) is 5.36. The van der Waals surface area contributed by atoms with Gasteiger partial charge < -0.3 is 0 Å². The van der Waals surface area contributed by atoms with E-state index in [9.17, 15) is 13.2 Å². The molecule has 1 N–H and O–H groups in total. The Balaban J connectivity index is 1.83. The lowest BCUT2D eigenvalue weighted by Gasteiger charge is -2.24. The van der Waals surface area contributed by atoms with Crippen LogP contribution >= 0.6 is 0 Å². The number of amides is 1. The fourth-order valence-electron chi connectivity index (χ4n) is 2.96. The third-order valence-corrected chi connectivity index (χ3v) is 6.45. The van der Waals surface area contributed by atoms with Crippen molar-refractivity contribution in [1.29, 1.82) is 0 Å². The molecule has 0 aliphatic heterocycles. The topological polar surface area (TPSA) is 78.8 Å². The lowest BCUT2D eigenvalue weighted by Crippen LogP contribution is -2.39. The summed E-state index contributed by atoms with van der Waals surface area (Å²) in [5.41, 5.74) is 6.67. The van der Waals surface area contributed by atoms with Crippen molar-refractivity contribution in [1.82, 2.24) is 5.43 Å². The van der Waals surface area contributed by atoms with Crippen molar-refractivity contribution in [3.63, 3.8) is 0 Å². The number of nitrogens with zero attached hydrogens (tertiary/aromatic N) is 2. The average Bonchev–Trinajstić information content (AvgIpc) is 2.73. The van der Waals surface area contributed by atoms with Crippen molar-refractivity contribution >= 4 is 27.8 Å². The molecule has 1 amide bonds. The van der Waals surface area contributed by atoms with Gasteiger partial charge in [0.05, 0.1) is 16.8 Å². The molecule has 0 atom stereocenters. The molecule has 0 saturated carbocycles. The molecule has 160 valence electrons. The zero-order valence-corrected chi connectivity index (χ0v) is 18.6. The van der Waals surface area contributed by atoms with Gasteiger partial charge in [0, 0.05) is 0 Å². The van der Waals surface area contributed by atoms with Gasteiger partial charge in [0.2, 0.25) is 0 Å². The molecule has 3 aromatic rings. The molecular formula is C24H25N3O3S. The largest absolute Gasteiger partial charge is 0.271 e. The Kier molecular flexibility index (Phi) is 6.87. The molecule has 0 heterocycles. The van der Waals surface area contributed by atoms with Gasteiger partial charge in [-0.05, 0) is 50.6 Å². The predicted molar refractivity (Wildman–Crippen MR) is 124 cm³/mol. The number of anilines is 1. The van der Waals surface area contributed by atoms with Gasteiger partial charge in [-0.1, -0.05) is 65.2 Å². The summed E-state index contributed by atoms with van der Waals surface area (Å²) in [6.07, 6.45) is 1.52. The Morgan fingerprint density at radius 1 is 0.903 bits per heavy atom. The summed E-state index contributed by atoms with van der Waals surface area (Å²) in [5.74, 6) is -0.542. The number of carbonyl (C=O) groups is 1. The highest BCUT2D eigenvalue weighted by molar-refractivity contribution is 7.92. The van der Waals surface area contributed by atoms with E-state index in [2.05, 4.69) is 10.5 Å². The number of hydrogen-bond acceptors (Lipinski definition) is 4. The van der Waals surface area contributed by atoms with Crippen LogP contribution in [-0.4, -0.2) is 27.1 Å². The first kappa shape index (κ1) is 22.2. The summed E-state index contributed by atoms with van der Waals surface area (Å²) in [5, 5.41) is 3.96. The highest BCUT2D eigenvalue weighted by Gasteiger charge is 2.27. The summed E-state index contributed by atoms with van der Waals surface area (Å²) in [4.78, 5) is 12.7. The maximum absolute atomic E-state index is 13.3. The van der Waals surface area contributed by atoms with Gasteiger partial charge in [0.1, 0.15) is 6.54 Å². The number of carbonyl (C=O) groups excluding carboxylic acids is 1. The van der Waals surface area contributed by atoms with E-state index < -0.39 is 22.5 Å². The van der Waals surface area contributed by atoms with Gasteiger partial charge in [0.15, 0.2) is 0 Å². The van der Waals surface area contributed by atoms with E-state index in [1.807, 2.05) is 45.0 Å². The van der Waals surface area contributed by atoms with Crippen molar-refractivity contribution in [2.45, 2.75) is 25.7 Å². The third kappa shape index (κ3) is 5.79. The van der Waals surface area contributed by atoms with Crippen LogP contribution in [0.4, 0.5) is 5.69 Å². The van der Waals surface area contributed by atoms with E-state index in [0.717, 1.165) is 26.6 Å². The Morgan fingerprint density at radius 2 is 1.52 bits per heavy atom. The van der Waals surface area contributed by atoms with Crippen LogP contribution in [0.25, 0.3) is 0 Å². The lowest BCUT2D eigenvalue weighted by atomic mass is 10.2. The number of nitrogens with one attached hydrogen (secondary N) is 1. The minimum absolute atomic E-state index is 0.120. The summed E-state index contributed by atoms with van der Waals surface area (Å²) >= 11 is 0. The van der Waals surface area contributed by atoms with Crippen LogP contribution in [0.5, 0.6) is 0 Å². The summed E-state index contributed by atoms with van der Waals surface area (Å²) < 4.78 is 27.7. The number of hydrogen-bond donors (Lipinski definition) is 1. The van der Waals surface area contributed by atoms with Crippen molar-refractivity contribution in [3.05, 3.63) is 95.1 Å². The number of aryl methyl sites for hydroxylation is 3. The van der Waals surface area contributed by atoms with Gasteiger partial charge in [0.25, 0.3) is 15.9 Å². The first-order chi connectivity index (χ1) is 14.8. The van der Waals surface area contributed by atoms with E-state index >= 15 is 0 Å². The van der Waals surface area contributed by atoms with Gasteiger partial charge in [-0.2, -0.15) is 5.10 Å². The van der Waals surface area contributed by atoms with Crippen LogP contribution in [0.15, 0.2) is 82.8 Å². The summed E-state index contributed by atoms with van der Waals surface area (Å²) in [7, 11) is -3.94. The molecule has 3 rings (SSSR count). The molecule has 7 heteroatoms. The molecule has 0 aromatic heterocycles. The van der Waals surface area contributed by atoms with Crippen LogP contribution in [0, 0.1) is 20.8 Å². The fraction of sp³-hybridized carbons (Fsp3) is 0.167. The van der Waals surface area contributed by atoms with E-state index in [1.165, 1.54) is 6.21 Å². The average molecular weight is 436 g/mol. The maximum atomic E-state index is 13.3. The number of hydrazone groups is 1. The van der Waals surface area contributed by atoms with E-state index in [1.54, 1.807) is 48.5 Å². The standard InChI is InChI=1S/C24H25N3O3S/c1-18-7-11-22(12-8-18)27(31(29,30)23-13-9-19(2)10-14-23)17-24(28)26-25-16-21-6-4-5-20(3)15-21/h4-16H,17H2,1-3H3,(H,26,28)/b25-16-. The SMILES string of the molecule is Cc1ccc(N(CC(=O)N/N=C\c2cccc(C)c2)S(=O)(=O)c2ccc(C)cc2)cc1. The normalized spacial score (nSPS) is 11.5. The molecule has 0 saturated heterocycles. The van der Waals surface area contributed by atoms with Crippen molar-refractivity contribution in [3.8, 4) is 0 Å². The van der Waals surface area contributed by atoms with Crippen molar-refractivity contribution in [2.75, 3.05) is 10.8 Å². The van der Waals surface area contributed by atoms with Crippen LogP contribution in [0.3, 0.4) is 0 Å². The number of rotatable bonds is 7. The fourth-order valence-corrected chi connectivity index (χ4v) is 4.38. The zero-order chi connectivity index (χ0) is 22.4. The highest BCUT2D eigenvalue weighted by atomic mass is 32.2. The predicted octanol–water partition coefficient (Wildman–Crippen LogP) is 3.96. The Bertz CT molecular complexity index is 1190. The van der Waals surface area contributed by atoms with Crippen molar-refractivity contribution < 1.29 is 13.2 Å². The minimum Gasteiger partial charge on any atom is -0.271 e. The molecular weight excluding hydrogens is 410 g/mol. The van der Waals surface area contributed by atoms with Gasteiger partial charge in [-0.15, -0.1) is 0 Å². The third-order valence-electron chi connectivity index (χ3n) is 4.66. The van der Waals surface area contributed by atoms with Gasteiger partial charge in [-0.3, -0.25) is 9.10 Å². The van der Waals surface area contributed by atoms with Crippen LogP contribution in [0.1, 0.15) is 22.3 Å². The molecule has 31 heavy (non-hydrogen) atoms. The van der Waals surface area contributed by atoms with Crippen LogP contribution in [0.2, 0.25) is 0 Å². The summed E-state index contributed by atoms with van der Waals surface area (Å²) in [6, 6.07) is 21.2. The second kappa shape index (κ2) is 9.57. The second-order valence-corrected chi connectivity index (χ2v) is 9.23. The molecule has 0 spiro atoms. The highest BCUT2D eigenvalue weighted by Crippen LogP contribution is 2.24.